The molecule has 0 aromatic carbocycles. The van der Waals surface area contributed by atoms with Crippen LogP contribution in [0.4, 0.5) is 0 Å². The van der Waals surface area contributed by atoms with E-state index in [0.717, 1.165) is 13.2 Å². The molecule has 0 rings (SSSR count). The van der Waals surface area contributed by atoms with E-state index in [9.17, 15) is 0 Å². The Labute approximate surface area is 94.5 Å². The first-order valence-electron chi connectivity index (χ1n) is 4.41. The molecule has 80 valence electrons. The molecule has 2 N–H and O–H groups in total. The van der Waals surface area contributed by atoms with Crippen molar-refractivity contribution in [3.8, 4) is 0 Å². The number of nitrogens with zero attached hydrogens (tertiary/aromatic N) is 1. The third-order valence-electron chi connectivity index (χ3n) is 1.53. The highest BCUT2D eigenvalue weighted by atomic mass is 127. The molecule has 13 heavy (non-hydrogen) atoms. The lowest BCUT2D eigenvalue weighted by Crippen LogP contribution is -2.39. The Balaban J connectivity index is 3.39. The fourth-order valence-electron chi connectivity index (χ4n) is 0.901. The van der Waals surface area contributed by atoms with Crippen LogP contribution in [0.25, 0.3) is 0 Å². The van der Waals surface area contributed by atoms with Gasteiger partial charge in [-0.25, -0.2) is 0 Å². The van der Waals surface area contributed by atoms with Crippen LogP contribution >= 0.6 is 22.6 Å². The molecule has 0 aliphatic carbocycles. The normalized spacial score (nSPS) is 16.2. The van der Waals surface area contributed by atoms with Gasteiger partial charge in [-0.15, -0.1) is 0 Å². The average Bonchev–Trinajstić information content (AvgIpc) is 2.03. The Hall–Kier alpha value is 0.570. The van der Waals surface area contributed by atoms with Gasteiger partial charge in [-0.2, -0.15) is 0 Å². The Morgan fingerprint density at radius 1 is 1.46 bits per heavy atom. The second kappa shape index (κ2) is 7.93. The van der Waals surface area contributed by atoms with E-state index in [1.54, 1.807) is 0 Å². The summed E-state index contributed by atoms with van der Waals surface area (Å²) in [5.41, 5.74) is 3.14. The van der Waals surface area contributed by atoms with Crippen LogP contribution in [-0.4, -0.2) is 49.5 Å². The minimum absolute atomic E-state index is 0.143. The number of rotatable bonds is 7. The zero-order valence-corrected chi connectivity index (χ0v) is 11.0. The van der Waals surface area contributed by atoms with Crippen molar-refractivity contribution in [1.29, 1.82) is 0 Å². The monoisotopic (exact) mass is 301 g/mol. The van der Waals surface area contributed by atoms with Gasteiger partial charge in [0.2, 0.25) is 0 Å². The number of alkyl halides is 1. The molecule has 0 saturated carbocycles. The first-order chi connectivity index (χ1) is 6.07. The maximum absolute atomic E-state index is 5.60. The summed E-state index contributed by atoms with van der Waals surface area (Å²) < 4.78 is 6.07. The fraction of sp³-hybridized carbons (Fsp3) is 1.00. The van der Waals surface area contributed by atoms with Crippen molar-refractivity contribution >= 4 is 22.6 Å². The summed E-state index contributed by atoms with van der Waals surface area (Å²) in [6, 6.07) is 0. The Bertz CT molecular complexity index is 122. The van der Waals surface area contributed by atoms with Crippen LogP contribution in [0, 0.1) is 0 Å². The zero-order valence-electron chi connectivity index (χ0n) is 8.80. The Morgan fingerprint density at radius 3 is 2.46 bits per heavy atom. The first-order valence-corrected chi connectivity index (χ1v) is 5.66. The third-order valence-corrected chi connectivity index (χ3v) is 2.18. The molecular formula is C8H20IN3O. The van der Waals surface area contributed by atoms with E-state index in [1.807, 2.05) is 26.2 Å². The summed E-state index contributed by atoms with van der Waals surface area (Å²) >= 11 is 2.35. The number of hydrogen-bond donors (Lipinski definition) is 2. The summed E-state index contributed by atoms with van der Waals surface area (Å²) in [6.45, 7) is 3.69. The first kappa shape index (κ1) is 13.6. The molecule has 0 aromatic heterocycles. The maximum Gasteiger partial charge on any atom is 0.119 e. The predicted octanol–water partition coefficient (Wildman–Crippen LogP) is 0.438. The van der Waals surface area contributed by atoms with Crippen molar-refractivity contribution in [1.82, 2.24) is 15.8 Å². The highest BCUT2D eigenvalue weighted by Crippen LogP contribution is 2.05. The third kappa shape index (κ3) is 7.63. The van der Waals surface area contributed by atoms with Crippen molar-refractivity contribution in [2.75, 3.05) is 34.3 Å². The predicted molar refractivity (Wildman–Crippen MR) is 64.0 cm³/mol. The summed E-state index contributed by atoms with van der Waals surface area (Å²) in [5.74, 6) is 0. The molecule has 2 atom stereocenters. The summed E-state index contributed by atoms with van der Waals surface area (Å²) in [7, 11) is 5.85. The summed E-state index contributed by atoms with van der Waals surface area (Å²) in [4.78, 5) is 0. The Morgan fingerprint density at radius 2 is 2.08 bits per heavy atom. The van der Waals surface area contributed by atoms with Crippen LogP contribution in [-0.2, 0) is 4.74 Å². The lowest BCUT2D eigenvalue weighted by atomic mass is 10.4. The van der Waals surface area contributed by atoms with Gasteiger partial charge in [0.15, 0.2) is 0 Å². The SMILES string of the molecule is CN[C@H](OCCNN(C)C)C(C)I. The highest BCUT2D eigenvalue weighted by molar-refractivity contribution is 14.1. The molecule has 1 unspecified atom stereocenters. The topological polar surface area (TPSA) is 36.5 Å². The smallest absolute Gasteiger partial charge is 0.119 e. The van der Waals surface area contributed by atoms with Gasteiger partial charge in [0.1, 0.15) is 6.23 Å². The quantitative estimate of drug-likeness (QED) is 0.235. The van der Waals surface area contributed by atoms with Crippen LogP contribution in [0.2, 0.25) is 0 Å². The van der Waals surface area contributed by atoms with Gasteiger partial charge in [0.05, 0.1) is 6.61 Å². The van der Waals surface area contributed by atoms with Crippen molar-refractivity contribution in [2.45, 2.75) is 17.1 Å². The molecule has 0 aliphatic heterocycles. The molecule has 0 aromatic rings. The van der Waals surface area contributed by atoms with Gasteiger partial charge in [0, 0.05) is 24.6 Å². The lowest BCUT2D eigenvalue weighted by molar-refractivity contribution is 0.0347. The van der Waals surface area contributed by atoms with Crippen molar-refractivity contribution in [2.24, 2.45) is 0 Å². The molecule has 0 aliphatic rings. The second-order valence-corrected chi connectivity index (χ2v) is 5.02. The van der Waals surface area contributed by atoms with Gasteiger partial charge < -0.3 is 4.74 Å². The maximum atomic E-state index is 5.60. The minimum Gasteiger partial charge on any atom is -0.361 e. The van der Waals surface area contributed by atoms with E-state index in [2.05, 4.69) is 40.3 Å². The van der Waals surface area contributed by atoms with Crippen molar-refractivity contribution in [3.63, 3.8) is 0 Å². The van der Waals surface area contributed by atoms with Gasteiger partial charge in [-0.05, 0) is 14.0 Å². The van der Waals surface area contributed by atoms with E-state index < -0.39 is 0 Å². The van der Waals surface area contributed by atoms with Gasteiger partial charge in [0.25, 0.3) is 0 Å². The van der Waals surface area contributed by atoms with Crippen molar-refractivity contribution in [3.05, 3.63) is 0 Å². The van der Waals surface area contributed by atoms with Crippen LogP contribution in [0.15, 0.2) is 0 Å². The van der Waals surface area contributed by atoms with Gasteiger partial charge in [-0.1, -0.05) is 22.6 Å². The largest absolute Gasteiger partial charge is 0.361 e. The number of hydrazine groups is 1. The second-order valence-electron chi connectivity index (χ2n) is 3.06. The molecule has 0 radical (unpaired) electrons. The summed E-state index contributed by atoms with van der Waals surface area (Å²) in [5, 5.41) is 5.04. The van der Waals surface area contributed by atoms with Crippen LogP contribution in [0.3, 0.4) is 0 Å². The average molecular weight is 301 g/mol. The molecule has 0 bridgehead atoms. The molecule has 0 fully saturated rings. The number of nitrogens with one attached hydrogen (secondary N) is 2. The Kier molecular flexibility index (Phi) is 8.27. The van der Waals surface area contributed by atoms with Crippen LogP contribution in [0.5, 0.6) is 0 Å². The van der Waals surface area contributed by atoms with E-state index in [-0.39, 0.29) is 6.23 Å². The number of halogens is 1. The van der Waals surface area contributed by atoms with E-state index in [4.69, 9.17) is 4.74 Å². The molecule has 4 nitrogen and oxygen atoms in total. The number of hydrogen-bond acceptors (Lipinski definition) is 4. The van der Waals surface area contributed by atoms with Crippen LogP contribution in [0.1, 0.15) is 6.92 Å². The molecule has 0 heterocycles. The van der Waals surface area contributed by atoms with Gasteiger partial charge >= 0.3 is 0 Å². The molecule has 0 amide bonds. The molecular weight excluding hydrogens is 281 g/mol. The molecule has 0 spiro atoms. The van der Waals surface area contributed by atoms with Crippen LogP contribution < -0.4 is 10.7 Å². The lowest BCUT2D eigenvalue weighted by Gasteiger charge is -2.20. The minimum atomic E-state index is 0.143. The highest BCUT2D eigenvalue weighted by Gasteiger charge is 2.11. The number of ether oxygens (including phenoxy) is 1. The van der Waals surface area contributed by atoms with Gasteiger partial charge in [-0.3, -0.25) is 15.8 Å². The van der Waals surface area contributed by atoms with E-state index >= 15 is 0 Å². The van der Waals surface area contributed by atoms with E-state index in [0.29, 0.717) is 3.92 Å². The molecule has 5 heteroatoms. The fourth-order valence-corrected chi connectivity index (χ4v) is 1.47. The standard InChI is InChI=1S/C8H20IN3O/c1-7(9)8(10-2)13-6-5-11-12(3)4/h7-8,10-11H,5-6H2,1-4H3/t7?,8-/m1/s1. The van der Waals surface area contributed by atoms with E-state index in [1.165, 1.54) is 0 Å². The summed E-state index contributed by atoms with van der Waals surface area (Å²) in [6.07, 6.45) is 0.143. The zero-order chi connectivity index (χ0) is 10.3. The van der Waals surface area contributed by atoms with Crippen molar-refractivity contribution < 1.29 is 4.74 Å². The molecule has 0 saturated heterocycles.